The van der Waals surface area contributed by atoms with Gasteiger partial charge in [-0.15, -0.1) is 0 Å². The largest absolute Gasteiger partial charge is 0.381 e. The zero-order chi connectivity index (χ0) is 18.6. The van der Waals surface area contributed by atoms with E-state index < -0.39 is 0 Å². The van der Waals surface area contributed by atoms with Crippen LogP contribution in [0.5, 0.6) is 0 Å². The molecule has 0 bridgehead atoms. The number of likely N-dealkylation sites (tertiary alicyclic amines) is 1. The van der Waals surface area contributed by atoms with Crippen LogP contribution >= 0.6 is 0 Å². The number of hydrogen-bond donors (Lipinski definition) is 1. The van der Waals surface area contributed by atoms with Crippen molar-refractivity contribution >= 4 is 11.6 Å². The minimum absolute atomic E-state index is 0.265. The first-order valence-electron chi connectivity index (χ1n) is 9.56. The van der Waals surface area contributed by atoms with Crippen LogP contribution in [0.1, 0.15) is 36.9 Å². The molecule has 0 aliphatic carbocycles. The van der Waals surface area contributed by atoms with Crippen molar-refractivity contribution in [1.82, 2.24) is 25.0 Å². The monoisotopic (exact) mass is 373 g/mol. The van der Waals surface area contributed by atoms with E-state index in [1.807, 2.05) is 25.1 Å². The van der Waals surface area contributed by atoms with Crippen LogP contribution in [0.25, 0.3) is 0 Å². The summed E-state index contributed by atoms with van der Waals surface area (Å²) in [5.41, 5.74) is 0. The number of nitrogens with zero attached hydrogens (tertiary/aromatic N) is 6. The van der Waals surface area contributed by atoms with Crippen molar-refractivity contribution in [3.05, 3.63) is 24.1 Å². The average molecular weight is 373 g/mol. The lowest BCUT2D eigenvalue weighted by Gasteiger charge is -2.31. The SMILES string of the molecule is CN(C)c1cc(NC2CCN(Cc3noc(C4CCOC4)n3)CC2)ncn1. The lowest BCUT2D eigenvalue weighted by atomic mass is 10.1. The maximum atomic E-state index is 5.42. The third-order valence-electron chi connectivity index (χ3n) is 5.18. The second-order valence-electron chi connectivity index (χ2n) is 7.46. The summed E-state index contributed by atoms with van der Waals surface area (Å²) < 4.78 is 10.8. The first-order valence-corrected chi connectivity index (χ1v) is 9.56. The standard InChI is InChI=1S/C18H27N7O2/c1-24(2)17-9-15(19-12-20-17)21-14-3-6-25(7-4-14)10-16-22-18(27-23-16)13-5-8-26-11-13/h9,12-14H,3-8,10-11H2,1-2H3,(H,19,20,21). The van der Waals surface area contributed by atoms with E-state index in [0.29, 0.717) is 12.6 Å². The molecule has 1 N–H and O–H groups in total. The Labute approximate surface area is 159 Å². The Morgan fingerprint density at radius 3 is 2.81 bits per heavy atom. The highest BCUT2D eigenvalue weighted by molar-refractivity contribution is 5.47. The smallest absolute Gasteiger partial charge is 0.232 e. The van der Waals surface area contributed by atoms with Crippen LogP contribution in [0, 0.1) is 0 Å². The van der Waals surface area contributed by atoms with E-state index in [2.05, 4.69) is 30.3 Å². The first kappa shape index (κ1) is 18.1. The summed E-state index contributed by atoms with van der Waals surface area (Å²) >= 11 is 0. The predicted molar refractivity (Wildman–Crippen MR) is 101 cm³/mol. The van der Waals surface area contributed by atoms with Crippen LogP contribution in [-0.2, 0) is 11.3 Å². The predicted octanol–water partition coefficient (Wildman–Crippen LogP) is 1.51. The third kappa shape index (κ3) is 4.54. The molecule has 2 aromatic rings. The van der Waals surface area contributed by atoms with Gasteiger partial charge in [0.1, 0.15) is 18.0 Å². The molecule has 0 aromatic carbocycles. The molecule has 2 fully saturated rings. The van der Waals surface area contributed by atoms with E-state index >= 15 is 0 Å². The summed E-state index contributed by atoms with van der Waals surface area (Å²) in [7, 11) is 3.96. The van der Waals surface area contributed by atoms with Gasteiger partial charge in [0.2, 0.25) is 5.89 Å². The van der Waals surface area contributed by atoms with Crippen LogP contribution in [0.15, 0.2) is 16.9 Å². The van der Waals surface area contributed by atoms with Crippen molar-refractivity contribution in [2.24, 2.45) is 0 Å². The number of rotatable bonds is 6. The van der Waals surface area contributed by atoms with Crippen molar-refractivity contribution in [2.45, 2.75) is 37.8 Å². The zero-order valence-corrected chi connectivity index (χ0v) is 16.0. The number of aromatic nitrogens is 4. The van der Waals surface area contributed by atoms with E-state index in [-0.39, 0.29) is 5.92 Å². The molecule has 27 heavy (non-hydrogen) atoms. The number of ether oxygens (including phenoxy) is 1. The minimum atomic E-state index is 0.265. The molecule has 0 saturated carbocycles. The molecule has 1 atom stereocenters. The van der Waals surface area contributed by atoms with Crippen molar-refractivity contribution in [3.8, 4) is 0 Å². The lowest BCUT2D eigenvalue weighted by Crippen LogP contribution is -2.39. The molecular weight excluding hydrogens is 346 g/mol. The molecule has 146 valence electrons. The van der Waals surface area contributed by atoms with Gasteiger partial charge in [0.05, 0.1) is 19.1 Å². The van der Waals surface area contributed by atoms with Crippen molar-refractivity contribution in [1.29, 1.82) is 0 Å². The van der Waals surface area contributed by atoms with Gasteiger partial charge >= 0.3 is 0 Å². The Hall–Kier alpha value is -2.26. The Balaban J connectivity index is 1.26. The van der Waals surface area contributed by atoms with Gasteiger partial charge in [-0.25, -0.2) is 9.97 Å². The molecule has 1 unspecified atom stereocenters. The fraction of sp³-hybridized carbons (Fsp3) is 0.667. The quantitative estimate of drug-likeness (QED) is 0.808. The molecule has 4 rings (SSSR count). The fourth-order valence-electron chi connectivity index (χ4n) is 3.54. The second kappa shape index (κ2) is 8.18. The van der Waals surface area contributed by atoms with Crippen LogP contribution in [0.3, 0.4) is 0 Å². The number of hydrogen-bond acceptors (Lipinski definition) is 9. The molecule has 0 radical (unpaired) electrons. The van der Waals surface area contributed by atoms with Gasteiger partial charge in [-0.1, -0.05) is 5.16 Å². The van der Waals surface area contributed by atoms with Crippen LogP contribution < -0.4 is 10.2 Å². The Morgan fingerprint density at radius 2 is 2.07 bits per heavy atom. The van der Waals surface area contributed by atoms with Crippen molar-refractivity contribution in [2.75, 3.05) is 50.6 Å². The summed E-state index contributed by atoms with van der Waals surface area (Å²) in [6, 6.07) is 2.41. The normalized spacial score (nSPS) is 21.5. The molecule has 2 aliphatic rings. The fourth-order valence-corrected chi connectivity index (χ4v) is 3.54. The minimum Gasteiger partial charge on any atom is -0.381 e. The molecule has 9 nitrogen and oxygen atoms in total. The van der Waals surface area contributed by atoms with Crippen molar-refractivity contribution in [3.63, 3.8) is 0 Å². The number of nitrogens with one attached hydrogen (secondary N) is 1. The van der Waals surface area contributed by atoms with E-state index in [1.54, 1.807) is 6.33 Å². The van der Waals surface area contributed by atoms with Crippen LogP contribution in [0.2, 0.25) is 0 Å². The molecular formula is C18H27N7O2. The summed E-state index contributed by atoms with van der Waals surface area (Å²) in [5.74, 6) is 3.55. The Morgan fingerprint density at radius 1 is 1.22 bits per heavy atom. The molecule has 0 amide bonds. The molecule has 0 spiro atoms. The van der Waals surface area contributed by atoms with Gasteiger partial charge in [-0.3, -0.25) is 4.90 Å². The van der Waals surface area contributed by atoms with Gasteiger partial charge in [0, 0.05) is 45.9 Å². The Kier molecular flexibility index (Phi) is 5.49. The van der Waals surface area contributed by atoms with Gasteiger partial charge in [0.25, 0.3) is 0 Å². The number of piperidine rings is 1. The van der Waals surface area contributed by atoms with Gasteiger partial charge in [-0.05, 0) is 19.3 Å². The highest BCUT2D eigenvalue weighted by atomic mass is 16.5. The highest BCUT2D eigenvalue weighted by Gasteiger charge is 2.25. The highest BCUT2D eigenvalue weighted by Crippen LogP contribution is 2.24. The molecule has 2 aromatic heterocycles. The van der Waals surface area contributed by atoms with E-state index in [4.69, 9.17) is 9.26 Å². The van der Waals surface area contributed by atoms with Gasteiger partial charge in [0.15, 0.2) is 5.82 Å². The third-order valence-corrected chi connectivity index (χ3v) is 5.18. The number of anilines is 2. The van der Waals surface area contributed by atoms with Crippen LogP contribution in [-0.4, -0.2) is 71.4 Å². The summed E-state index contributed by atoms with van der Waals surface area (Å²) in [5, 5.41) is 7.68. The van der Waals surface area contributed by atoms with Gasteiger partial charge in [-0.2, -0.15) is 4.98 Å². The molecule has 9 heteroatoms. The zero-order valence-electron chi connectivity index (χ0n) is 16.0. The topological polar surface area (TPSA) is 92.4 Å². The lowest BCUT2D eigenvalue weighted by molar-refractivity contribution is 0.189. The van der Waals surface area contributed by atoms with Crippen LogP contribution in [0.4, 0.5) is 11.6 Å². The second-order valence-corrected chi connectivity index (χ2v) is 7.46. The maximum Gasteiger partial charge on any atom is 0.232 e. The summed E-state index contributed by atoms with van der Waals surface area (Å²) in [6.45, 7) is 4.21. The molecule has 2 aliphatic heterocycles. The first-order chi connectivity index (χ1) is 13.2. The van der Waals surface area contributed by atoms with E-state index in [0.717, 1.165) is 68.9 Å². The van der Waals surface area contributed by atoms with Gasteiger partial charge < -0.3 is 19.5 Å². The van der Waals surface area contributed by atoms with Crippen molar-refractivity contribution < 1.29 is 9.26 Å². The Bertz CT molecular complexity index is 737. The average Bonchev–Trinajstić information content (AvgIpc) is 3.35. The molecule has 4 heterocycles. The van der Waals surface area contributed by atoms with E-state index in [1.165, 1.54) is 0 Å². The van der Waals surface area contributed by atoms with E-state index in [9.17, 15) is 0 Å². The summed E-state index contributed by atoms with van der Waals surface area (Å²) in [6.07, 6.45) is 4.69. The maximum absolute atomic E-state index is 5.42. The molecule has 2 saturated heterocycles. The summed E-state index contributed by atoms with van der Waals surface area (Å²) in [4.78, 5) is 17.5.